The van der Waals surface area contributed by atoms with Gasteiger partial charge >= 0.3 is 6.03 Å². The fraction of sp³-hybridized carbons (Fsp3) is 0.167. The lowest BCUT2D eigenvalue weighted by atomic mass is 10.1. The average Bonchev–Trinajstić information content (AvgIpc) is 2.45. The Morgan fingerprint density at radius 1 is 1.05 bits per heavy atom. The van der Waals surface area contributed by atoms with Gasteiger partial charge in [-0.2, -0.15) is 0 Å². The monoisotopic (exact) mass is 275 g/mol. The van der Waals surface area contributed by atoms with Crippen LogP contribution in [0.3, 0.4) is 0 Å². The van der Waals surface area contributed by atoms with E-state index in [9.17, 15) is 9.59 Å². The van der Waals surface area contributed by atoms with Gasteiger partial charge in [0.2, 0.25) is 12.2 Å². The Kier molecular flexibility index (Phi) is 13.2. The van der Waals surface area contributed by atoms with Gasteiger partial charge in [-0.25, -0.2) is 29.6 Å². The average molecular weight is 275 g/mol. The van der Waals surface area contributed by atoms with E-state index in [0.29, 0.717) is 0 Å². The normalized spacial score (nSPS) is 7.30. The molecule has 0 atom stereocenters. The maximum Gasteiger partial charge on any atom is 0.309 e. The highest BCUT2D eigenvalue weighted by Crippen LogP contribution is 2.10. The summed E-state index contributed by atoms with van der Waals surface area (Å²) in [6.07, 6.45) is 2.93. The highest BCUT2D eigenvalue weighted by Gasteiger charge is 1.99. The van der Waals surface area contributed by atoms with E-state index in [4.69, 9.17) is 10.1 Å². The van der Waals surface area contributed by atoms with Gasteiger partial charge in [-0.05, 0) is 11.1 Å². The molecule has 0 unspecified atom stereocenters. The smallest absolute Gasteiger partial charge is 0.309 e. The lowest BCUT2D eigenvalue weighted by Gasteiger charge is -2.01. The summed E-state index contributed by atoms with van der Waals surface area (Å²) in [6, 6.07) is 6.50. The third kappa shape index (κ3) is 11.2. The van der Waals surface area contributed by atoms with Crippen molar-refractivity contribution in [1.82, 2.24) is 0 Å². The number of carbonyl (C=O) groups excluding carboxylic acids is 3. The Morgan fingerprint density at radius 2 is 1.35 bits per heavy atom. The van der Waals surface area contributed by atoms with E-state index >= 15 is 0 Å². The number of primary amides is 2. The molecular formula is C12H13N5O3. The molecule has 1 aromatic carbocycles. The van der Waals surface area contributed by atoms with Crippen molar-refractivity contribution in [2.45, 2.75) is 13.1 Å². The standard InChI is InChI=1S/C10H8N2O2.CH4N2O.CHN/c13-7-11-5-9-3-1-2-4-10(9)6-12-8-14;2-1(3)4;1-2/h1-4H,5-6H2;(H4,2,3,4);1H. The number of urea groups is 1. The molecule has 0 heterocycles. The van der Waals surface area contributed by atoms with Gasteiger partial charge in [0.15, 0.2) is 0 Å². The number of rotatable bonds is 4. The third-order valence-corrected chi connectivity index (χ3v) is 1.75. The predicted molar refractivity (Wildman–Crippen MR) is 70.5 cm³/mol. The van der Waals surface area contributed by atoms with Crippen molar-refractivity contribution in [1.29, 1.82) is 5.26 Å². The number of nitriles is 1. The third-order valence-electron chi connectivity index (χ3n) is 1.75. The quantitative estimate of drug-likeness (QED) is 0.607. The van der Waals surface area contributed by atoms with Crippen LogP contribution in [0.15, 0.2) is 34.3 Å². The fourth-order valence-electron chi connectivity index (χ4n) is 1.10. The zero-order valence-corrected chi connectivity index (χ0v) is 10.5. The Labute approximate surface area is 115 Å². The summed E-state index contributed by atoms with van der Waals surface area (Å²) in [5.74, 6) is 0. The molecule has 0 spiro atoms. The highest BCUT2D eigenvalue weighted by molar-refractivity contribution is 5.69. The summed E-state index contributed by atoms with van der Waals surface area (Å²) in [6.45, 7) is 4.04. The van der Waals surface area contributed by atoms with Crippen molar-refractivity contribution in [3.8, 4) is 6.57 Å². The molecule has 0 aliphatic carbocycles. The number of amides is 2. The number of hydrogen-bond acceptors (Lipinski definition) is 6. The van der Waals surface area contributed by atoms with Crippen LogP contribution in [0.1, 0.15) is 11.1 Å². The van der Waals surface area contributed by atoms with Gasteiger partial charge in [0, 0.05) is 6.57 Å². The minimum Gasteiger partial charge on any atom is -0.352 e. The molecule has 2 amide bonds. The Hall–Kier alpha value is -3.26. The number of nitrogens with zero attached hydrogens (tertiary/aromatic N) is 3. The van der Waals surface area contributed by atoms with Crippen molar-refractivity contribution in [3.05, 3.63) is 35.4 Å². The second kappa shape index (κ2) is 13.8. The molecule has 4 N–H and O–H groups in total. The molecule has 20 heavy (non-hydrogen) atoms. The molecule has 0 aromatic heterocycles. The zero-order valence-electron chi connectivity index (χ0n) is 10.5. The van der Waals surface area contributed by atoms with Crippen molar-refractivity contribution in [2.75, 3.05) is 0 Å². The minimum absolute atomic E-state index is 0.272. The van der Waals surface area contributed by atoms with Crippen LogP contribution in [0.2, 0.25) is 0 Å². The minimum atomic E-state index is -0.833. The highest BCUT2D eigenvalue weighted by atomic mass is 16.2. The number of aliphatic imine (C=N–C) groups is 2. The van der Waals surface area contributed by atoms with E-state index in [1.54, 1.807) is 0 Å². The van der Waals surface area contributed by atoms with Gasteiger partial charge in [-0.15, -0.1) is 0 Å². The molecule has 1 aromatic rings. The summed E-state index contributed by atoms with van der Waals surface area (Å²) >= 11 is 0. The molecule has 8 heteroatoms. The maximum atomic E-state index is 9.93. The summed E-state index contributed by atoms with van der Waals surface area (Å²) in [5.41, 5.74) is 10.2. The van der Waals surface area contributed by atoms with E-state index in [1.165, 1.54) is 12.2 Å². The molecule has 0 aliphatic heterocycles. The SMILES string of the molecule is C#N.NC(N)=O.O=C=NCc1ccccc1CN=C=O. The molecule has 104 valence electrons. The van der Waals surface area contributed by atoms with Crippen LogP contribution in [0, 0.1) is 11.8 Å². The lowest BCUT2D eigenvalue weighted by Crippen LogP contribution is -2.18. The van der Waals surface area contributed by atoms with Crippen molar-refractivity contribution >= 4 is 18.2 Å². The summed E-state index contributed by atoms with van der Waals surface area (Å²) in [4.78, 5) is 35.8. The van der Waals surface area contributed by atoms with Crippen LogP contribution >= 0.6 is 0 Å². The molecule has 1 rings (SSSR count). The van der Waals surface area contributed by atoms with E-state index < -0.39 is 6.03 Å². The van der Waals surface area contributed by atoms with E-state index in [-0.39, 0.29) is 13.1 Å². The van der Waals surface area contributed by atoms with Gasteiger partial charge in [-0.1, -0.05) is 24.3 Å². The number of carbonyl (C=O) groups is 1. The Bertz CT molecular complexity index is 486. The van der Waals surface area contributed by atoms with Crippen molar-refractivity contribution < 1.29 is 14.4 Å². The first kappa shape index (κ1) is 19.1. The van der Waals surface area contributed by atoms with Gasteiger partial charge in [0.25, 0.3) is 0 Å². The molecule has 0 saturated heterocycles. The number of isocyanates is 2. The second-order valence-corrected chi connectivity index (χ2v) is 2.99. The number of benzene rings is 1. The summed E-state index contributed by atoms with van der Waals surface area (Å²) in [7, 11) is 0. The van der Waals surface area contributed by atoms with Crippen LogP contribution in [-0.2, 0) is 22.7 Å². The molecule has 0 saturated carbocycles. The van der Waals surface area contributed by atoms with Crippen molar-refractivity contribution in [2.24, 2.45) is 21.5 Å². The number of hydrogen-bond donors (Lipinski definition) is 2. The molecule has 8 nitrogen and oxygen atoms in total. The topological polar surface area (TPSA) is 152 Å². The predicted octanol–water partition coefficient (Wildman–Crippen LogP) is 0.522. The van der Waals surface area contributed by atoms with E-state index in [1.807, 2.05) is 24.3 Å². The van der Waals surface area contributed by atoms with Crippen LogP contribution in [0.5, 0.6) is 0 Å². The largest absolute Gasteiger partial charge is 0.352 e. The Balaban J connectivity index is 0. The van der Waals surface area contributed by atoms with Crippen LogP contribution in [0.4, 0.5) is 4.79 Å². The second-order valence-electron chi connectivity index (χ2n) is 2.99. The molecule has 0 aliphatic rings. The maximum absolute atomic E-state index is 9.93. The molecule has 0 fully saturated rings. The number of nitrogens with two attached hydrogens (primary N) is 2. The summed E-state index contributed by atoms with van der Waals surface area (Å²) < 4.78 is 0. The first-order chi connectivity index (χ1) is 9.61. The Morgan fingerprint density at radius 3 is 1.60 bits per heavy atom. The van der Waals surface area contributed by atoms with Gasteiger partial charge in [0.1, 0.15) is 0 Å². The summed E-state index contributed by atoms with van der Waals surface area (Å²) in [5, 5.41) is 6.50. The molecule has 0 bridgehead atoms. The van der Waals surface area contributed by atoms with Gasteiger partial charge in [0.05, 0.1) is 13.1 Å². The zero-order chi connectivity index (χ0) is 15.8. The molecule has 0 radical (unpaired) electrons. The first-order valence-electron chi connectivity index (χ1n) is 5.06. The van der Waals surface area contributed by atoms with Crippen molar-refractivity contribution in [3.63, 3.8) is 0 Å². The fourth-order valence-corrected chi connectivity index (χ4v) is 1.10. The first-order valence-corrected chi connectivity index (χ1v) is 5.06. The van der Waals surface area contributed by atoms with E-state index in [2.05, 4.69) is 28.0 Å². The van der Waals surface area contributed by atoms with Gasteiger partial charge in [-0.3, -0.25) is 0 Å². The van der Waals surface area contributed by atoms with Crippen LogP contribution in [0.25, 0.3) is 0 Å². The van der Waals surface area contributed by atoms with Crippen LogP contribution in [-0.4, -0.2) is 18.2 Å². The lowest BCUT2D eigenvalue weighted by molar-refractivity contribution is 0.256. The molecular weight excluding hydrogens is 262 g/mol. The van der Waals surface area contributed by atoms with E-state index in [0.717, 1.165) is 11.1 Å². The van der Waals surface area contributed by atoms with Crippen LogP contribution < -0.4 is 11.5 Å². The van der Waals surface area contributed by atoms with Gasteiger partial charge < -0.3 is 11.5 Å².